The quantitative estimate of drug-likeness (QED) is 0.754. The van der Waals surface area contributed by atoms with E-state index in [1.807, 2.05) is 0 Å². The van der Waals surface area contributed by atoms with Gasteiger partial charge in [-0.15, -0.1) is 13.2 Å². The van der Waals surface area contributed by atoms with Crippen LogP contribution in [-0.2, 0) is 6.42 Å². The van der Waals surface area contributed by atoms with E-state index >= 15 is 0 Å². The van der Waals surface area contributed by atoms with Crippen molar-refractivity contribution in [1.82, 2.24) is 5.32 Å². The minimum Gasteiger partial charge on any atom is -0.405 e. The first kappa shape index (κ1) is 19.8. The topological polar surface area (TPSA) is 38.3 Å². The van der Waals surface area contributed by atoms with Crippen LogP contribution in [0.3, 0.4) is 0 Å². The minimum atomic E-state index is -4.73. The van der Waals surface area contributed by atoms with Crippen LogP contribution >= 0.6 is 0 Å². The van der Waals surface area contributed by atoms with E-state index in [0.29, 0.717) is 23.6 Å². The van der Waals surface area contributed by atoms with E-state index in [-0.39, 0.29) is 18.1 Å². The van der Waals surface area contributed by atoms with E-state index in [1.165, 1.54) is 12.1 Å². The molecule has 0 fully saturated rings. The molecule has 0 heterocycles. The number of hydrogen-bond acceptors (Lipinski definition) is 2. The number of nitrogens with one attached hydrogen (secondary N) is 1. The van der Waals surface area contributed by atoms with E-state index in [4.69, 9.17) is 0 Å². The third-order valence-electron chi connectivity index (χ3n) is 3.82. The normalized spacial score (nSPS) is 11.5. The number of para-hydroxylation sites is 1. The fourth-order valence-electron chi connectivity index (χ4n) is 2.44. The molecule has 1 N–H and O–H groups in total. The van der Waals surface area contributed by atoms with E-state index in [0.717, 1.165) is 12.0 Å². The van der Waals surface area contributed by atoms with Crippen LogP contribution in [0.25, 0.3) is 0 Å². The van der Waals surface area contributed by atoms with Gasteiger partial charge in [0.15, 0.2) is 0 Å². The Kier molecular flexibility index (Phi) is 6.66. The van der Waals surface area contributed by atoms with Crippen molar-refractivity contribution in [2.24, 2.45) is 5.92 Å². The highest BCUT2D eigenvalue weighted by atomic mass is 19.4. The summed E-state index contributed by atoms with van der Waals surface area (Å²) in [6.07, 6.45) is -3.55. The predicted octanol–water partition coefficient (Wildman–Crippen LogP) is 4.95. The average molecular weight is 365 g/mol. The largest absolute Gasteiger partial charge is 0.573 e. The lowest BCUT2D eigenvalue weighted by molar-refractivity contribution is -0.274. The lowest BCUT2D eigenvalue weighted by Gasteiger charge is -2.13. The lowest BCUT2D eigenvalue weighted by atomic mass is 10.0. The van der Waals surface area contributed by atoms with Crippen molar-refractivity contribution in [2.45, 2.75) is 33.1 Å². The molecule has 2 aromatic rings. The maximum atomic E-state index is 12.5. The van der Waals surface area contributed by atoms with Gasteiger partial charge in [-0.2, -0.15) is 0 Å². The van der Waals surface area contributed by atoms with Gasteiger partial charge < -0.3 is 10.1 Å². The summed E-state index contributed by atoms with van der Waals surface area (Å²) in [6.45, 7) is 4.78. The van der Waals surface area contributed by atoms with Gasteiger partial charge in [-0.25, -0.2) is 0 Å². The number of carbonyl (C=O) groups is 1. The van der Waals surface area contributed by atoms with Crippen LogP contribution in [0.2, 0.25) is 0 Å². The molecule has 2 aromatic carbocycles. The molecule has 0 unspecified atom stereocenters. The molecule has 0 radical (unpaired) electrons. The van der Waals surface area contributed by atoms with Gasteiger partial charge in [0, 0.05) is 18.5 Å². The molecule has 0 spiro atoms. The number of alkyl halides is 3. The molecule has 140 valence electrons. The Hall–Kier alpha value is -2.50. The van der Waals surface area contributed by atoms with Crippen LogP contribution in [-0.4, -0.2) is 18.8 Å². The van der Waals surface area contributed by atoms with Gasteiger partial charge >= 0.3 is 6.36 Å². The van der Waals surface area contributed by atoms with E-state index in [2.05, 4.69) is 23.9 Å². The maximum Gasteiger partial charge on any atom is 0.573 e. The second-order valence-corrected chi connectivity index (χ2v) is 6.47. The number of hydrogen-bond donors (Lipinski definition) is 1. The van der Waals surface area contributed by atoms with Crippen molar-refractivity contribution in [3.05, 3.63) is 65.2 Å². The molecule has 0 atom stereocenters. The summed E-state index contributed by atoms with van der Waals surface area (Å²) >= 11 is 0. The Balaban J connectivity index is 2.02. The molecule has 3 nitrogen and oxygen atoms in total. The van der Waals surface area contributed by atoms with E-state index in [9.17, 15) is 18.0 Å². The Morgan fingerprint density at radius 3 is 2.35 bits per heavy atom. The van der Waals surface area contributed by atoms with Crippen LogP contribution < -0.4 is 10.1 Å². The van der Waals surface area contributed by atoms with Gasteiger partial charge in [-0.05, 0) is 41.7 Å². The number of ether oxygens (including phenoxy) is 1. The highest BCUT2D eigenvalue weighted by molar-refractivity contribution is 5.94. The summed E-state index contributed by atoms with van der Waals surface area (Å²) < 4.78 is 41.5. The molecule has 6 heteroatoms. The van der Waals surface area contributed by atoms with Crippen LogP contribution in [0.15, 0.2) is 48.5 Å². The summed E-state index contributed by atoms with van der Waals surface area (Å²) in [5.74, 6) is 0.144. The lowest BCUT2D eigenvalue weighted by Crippen LogP contribution is -2.25. The summed E-state index contributed by atoms with van der Waals surface area (Å²) in [5.41, 5.74) is 1.75. The molecular formula is C20H22F3NO2. The molecule has 1 amide bonds. The average Bonchev–Trinajstić information content (AvgIpc) is 2.55. The molecule has 0 aromatic heterocycles. The zero-order valence-corrected chi connectivity index (χ0v) is 14.8. The molecule has 0 aliphatic rings. The van der Waals surface area contributed by atoms with Crippen LogP contribution in [0, 0.1) is 5.92 Å². The fourth-order valence-corrected chi connectivity index (χ4v) is 2.44. The molecule has 26 heavy (non-hydrogen) atoms. The van der Waals surface area contributed by atoms with Crippen molar-refractivity contribution in [1.29, 1.82) is 0 Å². The molecule has 0 aliphatic heterocycles. The molecule has 0 aliphatic carbocycles. The van der Waals surface area contributed by atoms with Crippen LogP contribution in [0.1, 0.15) is 41.8 Å². The van der Waals surface area contributed by atoms with Crippen molar-refractivity contribution in [2.75, 3.05) is 6.54 Å². The SMILES string of the molecule is CC(C)CCNC(=O)c1ccc(Cc2ccccc2OC(F)(F)F)cc1. The Morgan fingerprint density at radius 1 is 1.08 bits per heavy atom. The Labute approximate surface area is 151 Å². The highest BCUT2D eigenvalue weighted by Gasteiger charge is 2.31. The second-order valence-electron chi connectivity index (χ2n) is 6.47. The maximum absolute atomic E-state index is 12.5. The summed E-state index contributed by atoms with van der Waals surface area (Å²) in [7, 11) is 0. The molecule has 0 saturated heterocycles. The van der Waals surface area contributed by atoms with Crippen LogP contribution in [0.4, 0.5) is 13.2 Å². The van der Waals surface area contributed by atoms with Gasteiger partial charge in [0.25, 0.3) is 5.91 Å². The van der Waals surface area contributed by atoms with E-state index < -0.39 is 6.36 Å². The number of rotatable bonds is 7. The van der Waals surface area contributed by atoms with E-state index in [1.54, 1.807) is 36.4 Å². The van der Waals surface area contributed by atoms with Crippen LogP contribution in [0.5, 0.6) is 5.75 Å². The summed E-state index contributed by atoms with van der Waals surface area (Å²) in [6, 6.07) is 12.9. The van der Waals surface area contributed by atoms with Crippen molar-refractivity contribution >= 4 is 5.91 Å². The van der Waals surface area contributed by atoms with Crippen molar-refractivity contribution in [3.63, 3.8) is 0 Å². The first-order valence-electron chi connectivity index (χ1n) is 8.45. The van der Waals surface area contributed by atoms with Gasteiger partial charge in [0.2, 0.25) is 0 Å². The molecule has 0 bridgehead atoms. The minimum absolute atomic E-state index is 0.155. The number of amides is 1. The summed E-state index contributed by atoms with van der Waals surface area (Å²) in [5, 5.41) is 2.85. The Morgan fingerprint density at radius 2 is 1.73 bits per heavy atom. The number of halogens is 3. The monoisotopic (exact) mass is 365 g/mol. The highest BCUT2D eigenvalue weighted by Crippen LogP contribution is 2.27. The van der Waals surface area contributed by atoms with Gasteiger partial charge in [0.05, 0.1) is 0 Å². The van der Waals surface area contributed by atoms with Gasteiger partial charge in [-0.1, -0.05) is 44.2 Å². The molecule has 0 saturated carbocycles. The van der Waals surface area contributed by atoms with Gasteiger partial charge in [0.1, 0.15) is 5.75 Å². The molecule has 2 rings (SSSR count). The standard InChI is InChI=1S/C20H22F3NO2/c1-14(2)11-12-24-19(25)16-9-7-15(8-10-16)13-17-5-3-4-6-18(17)26-20(21,22)23/h3-10,14H,11-13H2,1-2H3,(H,24,25). The summed E-state index contributed by atoms with van der Waals surface area (Å²) in [4.78, 5) is 12.1. The first-order chi connectivity index (χ1) is 12.2. The third kappa shape index (κ3) is 6.43. The van der Waals surface area contributed by atoms with Gasteiger partial charge in [-0.3, -0.25) is 4.79 Å². The van der Waals surface area contributed by atoms with Crippen molar-refractivity contribution < 1.29 is 22.7 Å². The predicted molar refractivity (Wildman–Crippen MR) is 94.2 cm³/mol. The smallest absolute Gasteiger partial charge is 0.405 e. The molecular weight excluding hydrogens is 343 g/mol. The zero-order valence-electron chi connectivity index (χ0n) is 14.8. The Bertz CT molecular complexity index is 725. The zero-order chi connectivity index (χ0) is 19.2. The second kappa shape index (κ2) is 8.74. The fraction of sp³-hybridized carbons (Fsp3) is 0.350. The first-order valence-corrected chi connectivity index (χ1v) is 8.45. The number of benzene rings is 2. The third-order valence-corrected chi connectivity index (χ3v) is 3.82. The number of carbonyl (C=O) groups excluding carboxylic acids is 1. The van der Waals surface area contributed by atoms with Crippen molar-refractivity contribution in [3.8, 4) is 5.75 Å².